The average molecular weight is 240 g/mol. The number of carbonyl (C=O) groups is 1. The van der Waals surface area contributed by atoms with Gasteiger partial charge >= 0.3 is 0 Å². The highest BCUT2D eigenvalue weighted by Crippen LogP contribution is 2.19. The predicted molar refractivity (Wildman–Crippen MR) is 67.9 cm³/mol. The highest BCUT2D eigenvalue weighted by Gasteiger charge is 2.11. The Morgan fingerprint density at radius 2 is 1.89 bits per heavy atom. The van der Waals surface area contributed by atoms with Crippen LogP contribution in [-0.4, -0.2) is 14.1 Å². The first-order valence-corrected chi connectivity index (χ1v) is 5.42. The van der Waals surface area contributed by atoms with Gasteiger partial charge in [-0.15, -0.1) is 0 Å². The van der Waals surface area contributed by atoms with Gasteiger partial charge in [0.25, 0.3) is 0 Å². The second kappa shape index (κ2) is 5.49. The monoisotopic (exact) mass is 240 g/mol. The molecule has 0 aliphatic carbocycles. The number of benzene rings is 2. The van der Waals surface area contributed by atoms with Gasteiger partial charge in [0.2, 0.25) is 0 Å². The van der Waals surface area contributed by atoms with E-state index < -0.39 is 5.82 Å². The maximum atomic E-state index is 13.8. The summed E-state index contributed by atoms with van der Waals surface area (Å²) in [7, 11) is 5.48. The highest BCUT2D eigenvalue weighted by atomic mass is 19.1. The van der Waals surface area contributed by atoms with Crippen LogP contribution in [0.2, 0.25) is 0 Å². The molecule has 0 aliphatic heterocycles. The van der Waals surface area contributed by atoms with Crippen molar-refractivity contribution in [3.8, 4) is 5.75 Å². The summed E-state index contributed by atoms with van der Waals surface area (Å²) >= 11 is 0. The van der Waals surface area contributed by atoms with E-state index in [1.165, 1.54) is 12.1 Å². The summed E-state index contributed by atoms with van der Waals surface area (Å²) in [6.07, 6.45) is 0.389. The van der Waals surface area contributed by atoms with Crippen LogP contribution in [0.4, 0.5) is 4.39 Å². The van der Waals surface area contributed by atoms with E-state index in [2.05, 4.69) is 0 Å². The molecule has 0 aromatic heterocycles. The van der Waals surface area contributed by atoms with Crippen molar-refractivity contribution < 1.29 is 13.9 Å². The first-order valence-electron chi connectivity index (χ1n) is 5.42. The Labute approximate surface area is 106 Å². The zero-order valence-electron chi connectivity index (χ0n) is 9.60. The number of carbonyl (C=O) groups excluding carboxylic acids is 1. The number of aldehydes is 1. The molecule has 0 saturated heterocycles. The Morgan fingerprint density at radius 3 is 2.56 bits per heavy atom. The number of hydrogen-bond donors (Lipinski definition) is 0. The van der Waals surface area contributed by atoms with Gasteiger partial charge in [0, 0.05) is 5.56 Å². The van der Waals surface area contributed by atoms with Crippen LogP contribution in [0.25, 0.3) is 0 Å². The summed E-state index contributed by atoms with van der Waals surface area (Å²) in [6, 6.07) is 12.2. The van der Waals surface area contributed by atoms with E-state index in [1.54, 1.807) is 0 Å². The van der Waals surface area contributed by atoms with Crippen LogP contribution < -0.4 is 10.2 Å². The van der Waals surface area contributed by atoms with E-state index in [-0.39, 0.29) is 23.4 Å². The Bertz CT molecular complexity index is 555. The van der Waals surface area contributed by atoms with E-state index in [1.807, 2.05) is 30.3 Å². The normalized spacial score (nSPS) is 10.1. The molecule has 88 valence electrons. The van der Waals surface area contributed by atoms with E-state index in [4.69, 9.17) is 12.6 Å². The fourth-order valence-corrected chi connectivity index (χ4v) is 1.55. The van der Waals surface area contributed by atoms with Crippen molar-refractivity contribution in [2.75, 3.05) is 0 Å². The fraction of sp³-hybridized carbons (Fsp3) is 0.0714. The maximum absolute atomic E-state index is 13.8. The van der Waals surface area contributed by atoms with Crippen LogP contribution in [-0.2, 0) is 6.61 Å². The Hall–Kier alpha value is -2.10. The van der Waals surface area contributed by atoms with Crippen LogP contribution in [0, 0.1) is 5.82 Å². The molecule has 0 atom stereocenters. The summed E-state index contributed by atoms with van der Waals surface area (Å²) in [5.41, 5.74) is 0.858. The molecule has 0 bridgehead atoms. The summed E-state index contributed by atoms with van der Waals surface area (Å²) < 4.78 is 19.1. The molecule has 2 radical (unpaired) electrons. The van der Waals surface area contributed by atoms with E-state index in [9.17, 15) is 9.18 Å². The quantitative estimate of drug-likeness (QED) is 0.603. The largest absolute Gasteiger partial charge is 0.486 e. The summed E-state index contributed by atoms with van der Waals surface area (Å²) in [6.45, 7) is 0.236. The van der Waals surface area contributed by atoms with Crippen molar-refractivity contribution in [3.05, 3.63) is 59.4 Å². The third-order valence-electron chi connectivity index (χ3n) is 2.53. The number of halogens is 1. The maximum Gasteiger partial charge on any atom is 0.174 e. The minimum atomic E-state index is -0.721. The molecule has 2 aromatic rings. The number of ether oxygens (including phenoxy) is 1. The number of hydrogen-bond acceptors (Lipinski definition) is 2. The molecule has 0 N–H and O–H groups in total. The van der Waals surface area contributed by atoms with Crippen LogP contribution in [0.15, 0.2) is 42.5 Å². The topological polar surface area (TPSA) is 26.3 Å². The van der Waals surface area contributed by atoms with E-state index in [0.717, 1.165) is 5.56 Å². The molecule has 0 spiro atoms. The van der Waals surface area contributed by atoms with Crippen LogP contribution in [0.3, 0.4) is 0 Å². The lowest BCUT2D eigenvalue weighted by Crippen LogP contribution is -2.13. The van der Waals surface area contributed by atoms with Crippen molar-refractivity contribution in [2.24, 2.45) is 0 Å². The van der Waals surface area contributed by atoms with Gasteiger partial charge in [0.05, 0.1) is 0 Å². The Kier molecular flexibility index (Phi) is 3.77. The molecular formula is C14H10BFO2. The lowest BCUT2D eigenvalue weighted by atomic mass is 9.90. The van der Waals surface area contributed by atoms with Gasteiger partial charge < -0.3 is 4.74 Å². The second-order valence-corrected chi connectivity index (χ2v) is 3.77. The van der Waals surface area contributed by atoms with Gasteiger partial charge in [0.1, 0.15) is 14.5 Å². The van der Waals surface area contributed by atoms with Crippen LogP contribution >= 0.6 is 0 Å². The summed E-state index contributed by atoms with van der Waals surface area (Å²) in [4.78, 5) is 10.7. The van der Waals surface area contributed by atoms with Gasteiger partial charge in [0.15, 0.2) is 17.9 Å². The zero-order chi connectivity index (χ0) is 13.0. The molecule has 0 saturated carbocycles. The van der Waals surface area contributed by atoms with Gasteiger partial charge in [-0.25, -0.2) is 4.39 Å². The molecule has 0 heterocycles. The van der Waals surface area contributed by atoms with Crippen molar-refractivity contribution >= 4 is 19.6 Å². The van der Waals surface area contributed by atoms with Gasteiger partial charge in [-0.05, 0) is 11.6 Å². The molecule has 18 heavy (non-hydrogen) atoms. The Morgan fingerprint density at radius 1 is 1.17 bits per heavy atom. The van der Waals surface area contributed by atoms with Gasteiger partial charge in [-0.2, -0.15) is 0 Å². The third kappa shape index (κ3) is 2.59. The minimum absolute atomic E-state index is 0.0233. The van der Waals surface area contributed by atoms with Crippen molar-refractivity contribution in [2.45, 2.75) is 6.61 Å². The molecule has 4 heteroatoms. The lowest BCUT2D eigenvalue weighted by molar-refractivity contribution is 0.112. The van der Waals surface area contributed by atoms with Gasteiger partial charge in [-0.1, -0.05) is 41.9 Å². The fourth-order valence-electron chi connectivity index (χ4n) is 1.55. The molecule has 0 aliphatic rings. The first-order chi connectivity index (χ1) is 8.72. The van der Waals surface area contributed by atoms with Crippen molar-refractivity contribution in [1.29, 1.82) is 0 Å². The molecule has 0 fully saturated rings. The van der Waals surface area contributed by atoms with Crippen LogP contribution in [0.5, 0.6) is 5.75 Å². The first kappa shape index (κ1) is 12.4. The molecule has 2 rings (SSSR count). The standard InChI is InChI=1S/C14H10BFO2/c15-12-6-7-13(14(16)11(12)8-17)18-9-10-4-2-1-3-5-10/h1-8H,9H2. The molecular weight excluding hydrogens is 230 g/mol. The molecule has 2 nitrogen and oxygen atoms in total. The predicted octanol–water partition coefficient (Wildman–Crippen LogP) is 2.01. The lowest BCUT2D eigenvalue weighted by Gasteiger charge is -2.09. The van der Waals surface area contributed by atoms with Gasteiger partial charge in [-0.3, -0.25) is 4.79 Å². The third-order valence-corrected chi connectivity index (χ3v) is 2.53. The average Bonchev–Trinajstić information content (AvgIpc) is 2.40. The Balaban J connectivity index is 2.18. The molecule has 0 unspecified atom stereocenters. The van der Waals surface area contributed by atoms with E-state index >= 15 is 0 Å². The van der Waals surface area contributed by atoms with Crippen molar-refractivity contribution in [3.63, 3.8) is 0 Å². The number of rotatable bonds is 4. The van der Waals surface area contributed by atoms with Crippen molar-refractivity contribution in [1.82, 2.24) is 0 Å². The molecule has 2 aromatic carbocycles. The highest BCUT2D eigenvalue weighted by molar-refractivity contribution is 6.35. The second-order valence-electron chi connectivity index (χ2n) is 3.77. The van der Waals surface area contributed by atoms with E-state index in [0.29, 0.717) is 6.29 Å². The zero-order valence-corrected chi connectivity index (χ0v) is 9.60. The summed E-state index contributed by atoms with van der Waals surface area (Å²) in [5, 5.41) is 0. The minimum Gasteiger partial charge on any atom is -0.486 e. The smallest absolute Gasteiger partial charge is 0.174 e. The van der Waals surface area contributed by atoms with Crippen LogP contribution in [0.1, 0.15) is 15.9 Å². The summed E-state index contributed by atoms with van der Waals surface area (Å²) in [5.74, 6) is -0.698. The molecule has 0 amide bonds. The SMILES string of the molecule is [B]c1ccc(OCc2ccccc2)c(F)c1C=O.